The molecule has 0 unspecified atom stereocenters. The number of nitrogens with zero attached hydrogens (tertiary/aromatic N) is 4. The van der Waals surface area contributed by atoms with E-state index in [-0.39, 0.29) is 17.1 Å². The lowest BCUT2D eigenvalue weighted by Crippen LogP contribution is -2.28. The van der Waals surface area contributed by atoms with E-state index in [1.165, 1.54) is 28.6 Å². The third kappa shape index (κ3) is 4.15. The van der Waals surface area contributed by atoms with Crippen LogP contribution in [0, 0.1) is 18.3 Å². The van der Waals surface area contributed by atoms with Crippen LogP contribution in [0.15, 0.2) is 59.5 Å². The molecule has 1 aliphatic rings. The van der Waals surface area contributed by atoms with Gasteiger partial charge >= 0.3 is 5.97 Å². The van der Waals surface area contributed by atoms with Gasteiger partial charge in [0.15, 0.2) is 0 Å². The molecule has 9 heteroatoms. The van der Waals surface area contributed by atoms with Gasteiger partial charge in [0.25, 0.3) is 0 Å². The second-order valence-electron chi connectivity index (χ2n) is 7.48. The second kappa shape index (κ2) is 8.94. The van der Waals surface area contributed by atoms with Crippen molar-refractivity contribution in [3.05, 3.63) is 77.1 Å². The van der Waals surface area contributed by atoms with E-state index in [4.69, 9.17) is 4.74 Å². The summed E-state index contributed by atoms with van der Waals surface area (Å²) in [6, 6.07) is 17.2. The maximum Gasteiger partial charge on any atom is 0.338 e. The molecule has 1 fully saturated rings. The number of sulfonamides is 1. The minimum Gasteiger partial charge on any atom is -0.456 e. The van der Waals surface area contributed by atoms with Crippen LogP contribution >= 0.6 is 0 Å². The topological polar surface area (TPSA) is 105 Å². The number of esters is 1. The lowest BCUT2D eigenvalue weighted by atomic mass is 10.2. The molecule has 4 rings (SSSR count). The number of benzene rings is 2. The summed E-state index contributed by atoms with van der Waals surface area (Å²) in [4.78, 5) is 12.8. The fourth-order valence-corrected chi connectivity index (χ4v) is 5.28. The standard InChI is InChI=1S/C23H22N4O4S/c1-17-21(15-24)22(27(25-17)19-9-3-2-4-10-19)16-31-23(28)18-8-7-11-20(14-18)32(29,30)26-12-5-6-13-26/h2-4,7-11,14H,5-6,12-13,16H2,1H3. The van der Waals surface area contributed by atoms with Crippen molar-refractivity contribution < 1.29 is 17.9 Å². The van der Waals surface area contributed by atoms with E-state index in [2.05, 4.69) is 11.2 Å². The number of hydrogen-bond acceptors (Lipinski definition) is 6. The molecule has 0 saturated carbocycles. The van der Waals surface area contributed by atoms with Crippen LogP contribution < -0.4 is 0 Å². The number of aryl methyl sites for hydroxylation is 1. The molecule has 0 bridgehead atoms. The molecule has 1 saturated heterocycles. The van der Waals surface area contributed by atoms with Crippen molar-refractivity contribution in [1.82, 2.24) is 14.1 Å². The average molecular weight is 451 g/mol. The first-order chi connectivity index (χ1) is 15.4. The van der Waals surface area contributed by atoms with Gasteiger partial charge in [-0.25, -0.2) is 17.9 Å². The van der Waals surface area contributed by atoms with E-state index in [0.717, 1.165) is 18.5 Å². The predicted octanol–water partition coefficient (Wildman–Crippen LogP) is 3.19. The molecular weight excluding hydrogens is 428 g/mol. The first-order valence-corrected chi connectivity index (χ1v) is 11.7. The summed E-state index contributed by atoms with van der Waals surface area (Å²) in [6.07, 6.45) is 1.66. The molecule has 1 aromatic heterocycles. The highest BCUT2D eigenvalue weighted by atomic mass is 32.2. The highest BCUT2D eigenvalue weighted by Gasteiger charge is 2.28. The summed E-state index contributed by atoms with van der Waals surface area (Å²) in [7, 11) is -3.64. The van der Waals surface area contributed by atoms with E-state index in [0.29, 0.717) is 30.0 Å². The largest absolute Gasteiger partial charge is 0.456 e. The lowest BCUT2D eigenvalue weighted by Gasteiger charge is -2.16. The lowest BCUT2D eigenvalue weighted by molar-refractivity contribution is 0.0464. The molecule has 0 radical (unpaired) electrons. The molecule has 2 heterocycles. The summed E-state index contributed by atoms with van der Waals surface area (Å²) >= 11 is 0. The third-order valence-electron chi connectivity index (χ3n) is 5.38. The van der Waals surface area contributed by atoms with E-state index in [1.807, 2.05) is 30.3 Å². The Morgan fingerprint density at radius 2 is 1.84 bits per heavy atom. The molecular formula is C23H22N4O4S. The summed E-state index contributed by atoms with van der Waals surface area (Å²) in [5, 5.41) is 14.0. The SMILES string of the molecule is Cc1nn(-c2ccccc2)c(COC(=O)c2cccc(S(=O)(=O)N3CCCC3)c2)c1C#N. The molecule has 2 aromatic carbocycles. The molecule has 0 atom stereocenters. The Morgan fingerprint density at radius 1 is 1.12 bits per heavy atom. The normalized spacial score (nSPS) is 14.2. The smallest absolute Gasteiger partial charge is 0.338 e. The van der Waals surface area contributed by atoms with Gasteiger partial charge in [-0.2, -0.15) is 14.7 Å². The fraction of sp³-hybridized carbons (Fsp3) is 0.261. The number of para-hydroxylation sites is 1. The average Bonchev–Trinajstić information content (AvgIpc) is 3.46. The van der Waals surface area contributed by atoms with Crippen LogP contribution in [-0.2, 0) is 21.4 Å². The molecule has 0 spiro atoms. The number of carbonyl (C=O) groups excluding carboxylic acids is 1. The minimum absolute atomic E-state index is 0.0664. The minimum atomic E-state index is -3.64. The number of aromatic nitrogens is 2. The van der Waals surface area contributed by atoms with Gasteiger partial charge in [0, 0.05) is 13.1 Å². The molecule has 32 heavy (non-hydrogen) atoms. The monoisotopic (exact) mass is 450 g/mol. The highest BCUT2D eigenvalue weighted by molar-refractivity contribution is 7.89. The Morgan fingerprint density at radius 3 is 2.53 bits per heavy atom. The van der Waals surface area contributed by atoms with Crippen LogP contribution in [0.1, 0.15) is 40.2 Å². The summed E-state index contributed by atoms with van der Waals surface area (Å²) in [5.41, 5.74) is 2.19. The van der Waals surface area contributed by atoms with Gasteiger partial charge in [-0.1, -0.05) is 24.3 Å². The van der Waals surface area contributed by atoms with E-state index < -0.39 is 16.0 Å². The molecule has 164 valence electrons. The Labute approximate surface area is 186 Å². The van der Waals surface area contributed by atoms with Gasteiger partial charge in [-0.05, 0) is 50.1 Å². The number of hydrogen-bond donors (Lipinski definition) is 0. The Bertz CT molecular complexity index is 1290. The van der Waals surface area contributed by atoms with Crippen molar-refractivity contribution in [2.45, 2.75) is 31.3 Å². The third-order valence-corrected chi connectivity index (χ3v) is 7.28. The molecule has 3 aromatic rings. The van der Waals surface area contributed by atoms with Crippen molar-refractivity contribution in [3.63, 3.8) is 0 Å². The summed E-state index contributed by atoms with van der Waals surface area (Å²) in [5.74, 6) is -0.675. The van der Waals surface area contributed by atoms with Gasteiger partial charge in [0.1, 0.15) is 18.2 Å². The van der Waals surface area contributed by atoms with Crippen molar-refractivity contribution >= 4 is 16.0 Å². The first kappa shape index (κ1) is 21.7. The van der Waals surface area contributed by atoms with Crippen molar-refractivity contribution in [1.29, 1.82) is 5.26 Å². The number of nitriles is 1. The number of ether oxygens (including phenoxy) is 1. The zero-order valence-electron chi connectivity index (χ0n) is 17.6. The summed E-state index contributed by atoms with van der Waals surface area (Å²) in [6.45, 7) is 2.50. The van der Waals surface area contributed by atoms with Crippen molar-refractivity contribution in [2.75, 3.05) is 13.1 Å². The highest BCUT2D eigenvalue weighted by Crippen LogP contribution is 2.23. The maximum atomic E-state index is 12.8. The van der Waals surface area contributed by atoms with Crippen LogP contribution in [0.25, 0.3) is 5.69 Å². The predicted molar refractivity (Wildman–Crippen MR) is 117 cm³/mol. The van der Waals surface area contributed by atoms with E-state index in [1.54, 1.807) is 11.6 Å². The molecule has 0 aliphatic carbocycles. The Kier molecular flexibility index (Phi) is 6.08. The van der Waals surface area contributed by atoms with Crippen molar-refractivity contribution in [3.8, 4) is 11.8 Å². The van der Waals surface area contributed by atoms with Gasteiger partial charge in [-0.15, -0.1) is 0 Å². The van der Waals surface area contributed by atoms with Crippen LogP contribution in [0.2, 0.25) is 0 Å². The van der Waals surface area contributed by atoms with Gasteiger partial charge < -0.3 is 4.74 Å². The van der Waals surface area contributed by atoms with E-state index in [9.17, 15) is 18.5 Å². The van der Waals surface area contributed by atoms with Crippen LogP contribution in [0.4, 0.5) is 0 Å². The molecule has 0 amide bonds. The second-order valence-corrected chi connectivity index (χ2v) is 9.42. The quantitative estimate of drug-likeness (QED) is 0.534. The van der Waals surface area contributed by atoms with Crippen LogP contribution in [0.5, 0.6) is 0 Å². The fourth-order valence-electron chi connectivity index (χ4n) is 3.71. The Hall–Kier alpha value is -3.48. The van der Waals surface area contributed by atoms with Crippen LogP contribution in [-0.4, -0.2) is 41.6 Å². The van der Waals surface area contributed by atoms with Crippen molar-refractivity contribution in [2.24, 2.45) is 0 Å². The molecule has 0 N–H and O–H groups in total. The zero-order valence-corrected chi connectivity index (χ0v) is 18.4. The van der Waals surface area contributed by atoms with Gasteiger partial charge in [0.2, 0.25) is 10.0 Å². The van der Waals surface area contributed by atoms with Gasteiger partial charge in [0.05, 0.1) is 27.5 Å². The van der Waals surface area contributed by atoms with Gasteiger partial charge in [-0.3, -0.25) is 0 Å². The molecule has 8 nitrogen and oxygen atoms in total. The first-order valence-electron chi connectivity index (χ1n) is 10.2. The zero-order chi connectivity index (χ0) is 22.7. The number of carbonyl (C=O) groups is 1. The number of rotatable bonds is 6. The Balaban J connectivity index is 1.57. The summed E-state index contributed by atoms with van der Waals surface area (Å²) < 4.78 is 34.1. The van der Waals surface area contributed by atoms with E-state index >= 15 is 0 Å². The van der Waals surface area contributed by atoms with Crippen LogP contribution in [0.3, 0.4) is 0 Å². The maximum absolute atomic E-state index is 12.8. The molecule has 1 aliphatic heterocycles.